The molecule has 0 bridgehead atoms. The van der Waals surface area contributed by atoms with E-state index in [-0.39, 0.29) is 0 Å². The summed E-state index contributed by atoms with van der Waals surface area (Å²) >= 11 is 0. The Kier molecular flexibility index (Phi) is 4.21. The lowest BCUT2D eigenvalue weighted by Crippen LogP contribution is -2.10. The quantitative estimate of drug-likeness (QED) is 0.583. The van der Waals surface area contributed by atoms with Gasteiger partial charge < -0.3 is 0 Å². The van der Waals surface area contributed by atoms with Gasteiger partial charge in [0, 0.05) is 19.0 Å². The van der Waals surface area contributed by atoms with Crippen LogP contribution in [0.25, 0.3) is 0 Å². The second-order valence-electron chi connectivity index (χ2n) is 2.86. The molecule has 2 nitrogen and oxygen atoms in total. The van der Waals surface area contributed by atoms with Crippen LogP contribution in [0.3, 0.4) is 0 Å². The van der Waals surface area contributed by atoms with Crippen molar-refractivity contribution in [1.82, 2.24) is 5.01 Å². The van der Waals surface area contributed by atoms with Gasteiger partial charge >= 0.3 is 0 Å². The molecule has 0 aromatic heterocycles. The fourth-order valence-corrected chi connectivity index (χ4v) is 1.08. The van der Waals surface area contributed by atoms with Crippen LogP contribution in [0, 0.1) is 0 Å². The molecule has 0 spiro atoms. The van der Waals surface area contributed by atoms with Crippen LogP contribution < -0.4 is 0 Å². The van der Waals surface area contributed by atoms with E-state index in [1.165, 1.54) is 19.3 Å². The Labute approximate surface area is 74.3 Å². The van der Waals surface area contributed by atoms with Crippen molar-refractivity contribution in [2.75, 3.05) is 6.54 Å². The molecule has 1 heterocycles. The van der Waals surface area contributed by atoms with Gasteiger partial charge in [-0.1, -0.05) is 25.8 Å². The van der Waals surface area contributed by atoms with Crippen molar-refractivity contribution in [3.8, 4) is 0 Å². The van der Waals surface area contributed by atoms with Crippen molar-refractivity contribution >= 4 is 6.21 Å². The van der Waals surface area contributed by atoms with Crippen LogP contribution in [0.2, 0.25) is 0 Å². The summed E-state index contributed by atoms with van der Waals surface area (Å²) in [4.78, 5) is 0. The molecule has 1 aliphatic heterocycles. The summed E-state index contributed by atoms with van der Waals surface area (Å²) in [5.41, 5.74) is 0. The Balaban J connectivity index is 2.23. The maximum atomic E-state index is 4.23. The summed E-state index contributed by atoms with van der Waals surface area (Å²) in [5.74, 6) is 0. The van der Waals surface area contributed by atoms with E-state index in [0.717, 1.165) is 6.54 Å². The standard InChI is InChI=1S/C10H16N2/c1-2-3-6-9-12-10-7-4-5-8-11-12/h4-5,7-8,10H,2-3,6,9H2,1H3. The molecule has 1 rings (SSSR count). The van der Waals surface area contributed by atoms with E-state index in [1.807, 2.05) is 35.7 Å². The second-order valence-corrected chi connectivity index (χ2v) is 2.86. The van der Waals surface area contributed by atoms with Gasteiger partial charge in [-0.25, -0.2) is 0 Å². The molecular weight excluding hydrogens is 148 g/mol. The van der Waals surface area contributed by atoms with E-state index in [0.29, 0.717) is 0 Å². The average molecular weight is 164 g/mol. The van der Waals surface area contributed by atoms with Crippen molar-refractivity contribution in [3.63, 3.8) is 0 Å². The molecule has 0 saturated heterocycles. The Bertz CT molecular complexity index is 176. The normalized spacial score (nSPS) is 15.2. The maximum absolute atomic E-state index is 4.23. The number of hydrazone groups is 1. The van der Waals surface area contributed by atoms with Gasteiger partial charge in [-0.2, -0.15) is 5.10 Å². The smallest absolute Gasteiger partial charge is 0.0474 e. The highest BCUT2D eigenvalue weighted by Crippen LogP contribution is 2.01. The summed E-state index contributed by atoms with van der Waals surface area (Å²) in [5, 5.41) is 6.21. The van der Waals surface area contributed by atoms with Gasteiger partial charge in [0.15, 0.2) is 0 Å². The van der Waals surface area contributed by atoms with E-state index in [9.17, 15) is 0 Å². The first kappa shape index (κ1) is 9.04. The van der Waals surface area contributed by atoms with Gasteiger partial charge in [0.2, 0.25) is 0 Å². The molecule has 0 N–H and O–H groups in total. The summed E-state index contributed by atoms with van der Waals surface area (Å²) in [6, 6.07) is 0. The number of hydrogen-bond acceptors (Lipinski definition) is 2. The van der Waals surface area contributed by atoms with Gasteiger partial charge in [-0.05, 0) is 18.6 Å². The molecule has 66 valence electrons. The molecule has 0 aromatic carbocycles. The van der Waals surface area contributed by atoms with Crippen LogP contribution in [0.4, 0.5) is 0 Å². The number of unbranched alkanes of at least 4 members (excludes halogenated alkanes) is 2. The molecule has 0 fully saturated rings. The van der Waals surface area contributed by atoms with Crippen LogP contribution in [0.1, 0.15) is 26.2 Å². The first-order chi connectivity index (χ1) is 5.93. The summed E-state index contributed by atoms with van der Waals surface area (Å²) < 4.78 is 0. The third-order valence-electron chi connectivity index (χ3n) is 1.77. The van der Waals surface area contributed by atoms with Crippen LogP contribution >= 0.6 is 0 Å². The lowest BCUT2D eigenvalue weighted by atomic mass is 10.2. The number of rotatable bonds is 4. The van der Waals surface area contributed by atoms with E-state index in [4.69, 9.17) is 0 Å². The fourth-order valence-electron chi connectivity index (χ4n) is 1.08. The van der Waals surface area contributed by atoms with Crippen molar-refractivity contribution < 1.29 is 0 Å². The topological polar surface area (TPSA) is 15.6 Å². The Morgan fingerprint density at radius 2 is 2.08 bits per heavy atom. The summed E-state index contributed by atoms with van der Waals surface area (Å²) in [6.45, 7) is 3.24. The molecule has 0 unspecified atom stereocenters. The largest absolute Gasteiger partial charge is 0.273 e. The van der Waals surface area contributed by atoms with Crippen LogP contribution in [0.5, 0.6) is 0 Å². The molecule has 12 heavy (non-hydrogen) atoms. The zero-order chi connectivity index (χ0) is 8.65. The van der Waals surface area contributed by atoms with Gasteiger partial charge in [0.05, 0.1) is 0 Å². The molecule has 0 saturated carbocycles. The highest BCUT2D eigenvalue weighted by atomic mass is 15.4. The van der Waals surface area contributed by atoms with Crippen molar-refractivity contribution in [2.24, 2.45) is 5.10 Å². The molecule has 0 aliphatic carbocycles. The second kappa shape index (κ2) is 5.58. The van der Waals surface area contributed by atoms with E-state index >= 15 is 0 Å². The highest BCUT2D eigenvalue weighted by molar-refractivity contribution is 5.71. The molecule has 0 amide bonds. The van der Waals surface area contributed by atoms with Crippen molar-refractivity contribution in [3.05, 3.63) is 24.4 Å². The van der Waals surface area contributed by atoms with Gasteiger partial charge in [0.1, 0.15) is 0 Å². The predicted octanol–water partition coefficient (Wildman–Crippen LogP) is 2.55. The number of nitrogens with zero attached hydrogens (tertiary/aromatic N) is 2. The highest BCUT2D eigenvalue weighted by Gasteiger charge is 1.94. The Hall–Kier alpha value is -1.05. The SMILES string of the molecule is CCCCCN1C=CC=CC=N1. The number of hydrogen-bond donors (Lipinski definition) is 0. The minimum atomic E-state index is 1.03. The third-order valence-corrected chi connectivity index (χ3v) is 1.77. The average Bonchev–Trinajstić information content (AvgIpc) is 2.33. The van der Waals surface area contributed by atoms with E-state index in [2.05, 4.69) is 12.0 Å². The fraction of sp³-hybridized carbons (Fsp3) is 0.500. The lowest BCUT2D eigenvalue weighted by Gasteiger charge is -2.11. The van der Waals surface area contributed by atoms with Gasteiger partial charge in [-0.15, -0.1) is 0 Å². The Morgan fingerprint density at radius 1 is 1.17 bits per heavy atom. The van der Waals surface area contributed by atoms with Gasteiger partial charge in [0.25, 0.3) is 0 Å². The molecule has 2 heteroatoms. The molecule has 0 atom stereocenters. The van der Waals surface area contributed by atoms with E-state index in [1.54, 1.807) is 0 Å². The zero-order valence-electron chi connectivity index (χ0n) is 7.61. The Morgan fingerprint density at radius 3 is 2.92 bits per heavy atom. The predicted molar refractivity (Wildman–Crippen MR) is 53.0 cm³/mol. The molecule has 0 aromatic rings. The van der Waals surface area contributed by atoms with Crippen LogP contribution in [-0.2, 0) is 0 Å². The van der Waals surface area contributed by atoms with Crippen molar-refractivity contribution in [1.29, 1.82) is 0 Å². The molecule has 1 aliphatic rings. The summed E-state index contributed by atoms with van der Waals surface area (Å²) in [7, 11) is 0. The third kappa shape index (κ3) is 3.37. The monoisotopic (exact) mass is 164 g/mol. The minimum absolute atomic E-state index is 1.03. The summed E-state index contributed by atoms with van der Waals surface area (Å²) in [6.07, 6.45) is 13.5. The zero-order valence-corrected chi connectivity index (χ0v) is 7.61. The lowest BCUT2D eigenvalue weighted by molar-refractivity contribution is 0.387. The molecular formula is C10H16N2. The molecule has 0 radical (unpaired) electrons. The van der Waals surface area contributed by atoms with Gasteiger partial charge in [-0.3, -0.25) is 5.01 Å². The van der Waals surface area contributed by atoms with Crippen LogP contribution in [-0.4, -0.2) is 17.8 Å². The van der Waals surface area contributed by atoms with Crippen molar-refractivity contribution in [2.45, 2.75) is 26.2 Å². The maximum Gasteiger partial charge on any atom is 0.0474 e. The first-order valence-corrected chi connectivity index (χ1v) is 4.57. The van der Waals surface area contributed by atoms with Crippen LogP contribution in [0.15, 0.2) is 29.5 Å². The minimum Gasteiger partial charge on any atom is -0.273 e. The van der Waals surface area contributed by atoms with E-state index < -0.39 is 0 Å². The first-order valence-electron chi connectivity index (χ1n) is 4.57. The number of allylic oxidation sites excluding steroid dienone is 3.